The molecule has 1 amide bonds. The van der Waals surface area contributed by atoms with E-state index in [4.69, 9.17) is 5.73 Å². The molecule has 0 aromatic heterocycles. The molecule has 0 saturated heterocycles. The van der Waals surface area contributed by atoms with Crippen LogP contribution in [0.5, 0.6) is 0 Å². The highest BCUT2D eigenvalue weighted by Gasteiger charge is 2.08. The van der Waals surface area contributed by atoms with Gasteiger partial charge in [0.15, 0.2) is 0 Å². The third kappa shape index (κ3) is 5.57. The number of nitrogens with two attached hydrogens (primary N) is 1. The van der Waals surface area contributed by atoms with Gasteiger partial charge in [0.05, 0.1) is 5.69 Å². The summed E-state index contributed by atoms with van der Waals surface area (Å²) >= 11 is 0. The molecule has 0 heterocycles. The molecule has 112 valence electrons. The van der Waals surface area contributed by atoms with Crippen LogP contribution in [0, 0.1) is 5.82 Å². The van der Waals surface area contributed by atoms with Gasteiger partial charge in [-0.15, -0.1) is 0 Å². The van der Waals surface area contributed by atoms with E-state index in [1.807, 2.05) is 0 Å². The van der Waals surface area contributed by atoms with Crippen molar-refractivity contribution in [3.63, 3.8) is 0 Å². The van der Waals surface area contributed by atoms with Crippen LogP contribution in [0.4, 0.5) is 15.8 Å². The highest BCUT2D eigenvalue weighted by atomic mass is 19.1. The van der Waals surface area contributed by atoms with Gasteiger partial charge >= 0.3 is 0 Å². The Morgan fingerprint density at radius 1 is 1.35 bits per heavy atom. The summed E-state index contributed by atoms with van der Waals surface area (Å²) in [6, 6.07) is 4.16. The van der Waals surface area contributed by atoms with E-state index in [9.17, 15) is 9.18 Å². The molecular weight excluding hydrogens is 257 g/mol. The summed E-state index contributed by atoms with van der Waals surface area (Å²) in [6.07, 6.45) is 2.26. The first-order valence-corrected chi connectivity index (χ1v) is 7.14. The number of rotatable bonds is 8. The van der Waals surface area contributed by atoms with Gasteiger partial charge in [-0.1, -0.05) is 13.8 Å². The van der Waals surface area contributed by atoms with Crippen LogP contribution < -0.4 is 11.1 Å². The summed E-state index contributed by atoms with van der Waals surface area (Å²) in [6.45, 7) is 7.16. The van der Waals surface area contributed by atoms with Crippen LogP contribution in [0.1, 0.15) is 33.1 Å². The Balaban J connectivity index is 2.38. The lowest BCUT2D eigenvalue weighted by molar-refractivity contribution is -0.116. The Kier molecular flexibility index (Phi) is 7.01. The van der Waals surface area contributed by atoms with E-state index in [0.717, 1.165) is 32.5 Å². The van der Waals surface area contributed by atoms with Crippen LogP contribution in [-0.2, 0) is 4.79 Å². The molecule has 4 nitrogen and oxygen atoms in total. The van der Waals surface area contributed by atoms with E-state index in [1.54, 1.807) is 0 Å². The maximum absolute atomic E-state index is 13.5. The highest BCUT2D eigenvalue weighted by molar-refractivity contribution is 5.91. The smallest absolute Gasteiger partial charge is 0.224 e. The second kappa shape index (κ2) is 8.53. The van der Waals surface area contributed by atoms with Gasteiger partial charge in [0.1, 0.15) is 5.82 Å². The lowest BCUT2D eigenvalue weighted by Gasteiger charge is -2.19. The largest absolute Gasteiger partial charge is 0.399 e. The van der Waals surface area contributed by atoms with Gasteiger partial charge in [0.2, 0.25) is 5.91 Å². The van der Waals surface area contributed by atoms with Crippen molar-refractivity contribution in [3.8, 4) is 0 Å². The maximum atomic E-state index is 13.5. The van der Waals surface area contributed by atoms with Crippen molar-refractivity contribution in [2.75, 3.05) is 30.7 Å². The number of nitrogens with zero attached hydrogens (tertiary/aromatic N) is 1. The van der Waals surface area contributed by atoms with Gasteiger partial charge in [-0.2, -0.15) is 0 Å². The third-order valence-corrected chi connectivity index (χ3v) is 3.13. The van der Waals surface area contributed by atoms with Crippen molar-refractivity contribution in [2.24, 2.45) is 0 Å². The minimum atomic E-state index is -0.464. The van der Waals surface area contributed by atoms with Crippen molar-refractivity contribution in [3.05, 3.63) is 24.0 Å². The van der Waals surface area contributed by atoms with Crippen molar-refractivity contribution in [2.45, 2.75) is 33.1 Å². The summed E-state index contributed by atoms with van der Waals surface area (Å²) < 4.78 is 13.5. The molecule has 0 fully saturated rings. The molecule has 0 atom stereocenters. The monoisotopic (exact) mass is 281 g/mol. The molecule has 5 heteroatoms. The minimum Gasteiger partial charge on any atom is -0.399 e. The fourth-order valence-corrected chi connectivity index (χ4v) is 2.06. The standard InChI is InChI=1S/C15H24FN3O/c1-3-9-19(4-2)10-5-6-15(20)18-14-11-12(17)7-8-13(14)16/h7-8,11H,3-6,9-10,17H2,1-2H3,(H,18,20). The number of carbonyl (C=O) groups excluding carboxylic acids is 1. The quantitative estimate of drug-likeness (QED) is 0.720. The molecule has 0 unspecified atom stereocenters. The zero-order valence-electron chi connectivity index (χ0n) is 12.3. The number of nitrogen functional groups attached to an aromatic ring is 1. The van der Waals surface area contributed by atoms with E-state index in [1.165, 1.54) is 18.2 Å². The minimum absolute atomic E-state index is 0.149. The number of anilines is 2. The Morgan fingerprint density at radius 2 is 2.10 bits per heavy atom. The first kappa shape index (κ1) is 16.4. The fraction of sp³-hybridized carbons (Fsp3) is 0.533. The number of amides is 1. The predicted molar refractivity (Wildman–Crippen MR) is 81.1 cm³/mol. The van der Waals surface area contributed by atoms with E-state index in [0.29, 0.717) is 12.1 Å². The lowest BCUT2D eigenvalue weighted by atomic mass is 10.2. The Labute approximate surface area is 120 Å². The Hall–Kier alpha value is -1.62. The lowest BCUT2D eigenvalue weighted by Crippen LogP contribution is -2.26. The summed E-state index contributed by atoms with van der Waals surface area (Å²) in [5.41, 5.74) is 6.15. The second-order valence-corrected chi connectivity index (χ2v) is 4.83. The zero-order chi connectivity index (χ0) is 15.0. The van der Waals surface area contributed by atoms with Crippen LogP contribution in [0.3, 0.4) is 0 Å². The van der Waals surface area contributed by atoms with E-state index in [-0.39, 0.29) is 11.6 Å². The van der Waals surface area contributed by atoms with Crippen molar-refractivity contribution in [1.29, 1.82) is 0 Å². The van der Waals surface area contributed by atoms with Crippen molar-refractivity contribution >= 4 is 17.3 Å². The molecule has 0 aliphatic heterocycles. The highest BCUT2D eigenvalue weighted by Crippen LogP contribution is 2.17. The molecule has 1 aromatic rings. The van der Waals surface area contributed by atoms with Crippen LogP contribution in [0.2, 0.25) is 0 Å². The molecule has 0 radical (unpaired) electrons. The number of benzene rings is 1. The first-order chi connectivity index (χ1) is 9.56. The molecule has 20 heavy (non-hydrogen) atoms. The molecular formula is C15H24FN3O. The summed E-state index contributed by atoms with van der Waals surface area (Å²) in [4.78, 5) is 14.1. The van der Waals surface area contributed by atoms with Gasteiger partial charge in [-0.3, -0.25) is 4.79 Å². The molecule has 3 N–H and O–H groups in total. The summed E-state index contributed by atoms with van der Waals surface area (Å²) in [7, 11) is 0. The van der Waals surface area contributed by atoms with E-state index < -0.39 is 5.82 Å². The molecule has 0 bridgehead atoms. The molecule has 0 aliphatic carbocycles. The van der Waals surface area contributed by atoms with Crippen LogP contribution in [0.15, 0.2) is 18.2 Å². The van der Waals surface area contributed by atoms with Crippen LogP contribution in [0.25, 0.3) is 0 Å². The maximum Gasteiger partial charge on any atom is 0.224 e. The number of hydrogen-bond donors (Lipinski definition) is 2. The summed E-state index contributed by atoms with van der Waals surface area (Å²) in [5.74, 6) is -0.643. The number of hydrogen-bond acceptors (Lipinski definition) is 3. The van der Waals surface area contributed by atoms with Crippen molar-refractivity contribution in [1.82, 2.24) is 4.90 Å². The van der Waals surface area contributed by atoms with Crippen LogP contribution >= 0.6 is 0 Å². The molecule has 1 aromatic carbocycles. The van der Waals surface area contributed by atoms with Crippen LogP contribution in [-0.4, -0.2) is 30.4 Å². The average molecular weight is 281 g/mol. The van der Waals surface area contributed by atoms with Gasteiger partial charge < -0.3 is 16.0 Å². The zero-order valence-corrected chi connectivity index (χ0v) is 12.3. The summed E-state index contributed by atoms with van der Waals surface area (Å²) in [5, 5.41) is 2.56. The van der Waals surface area contributed by atoms with Gasteiger partial charge in [0, 0.05) is 12.1 Å². The van der Waals surface area contributed by atoms with Gasteiger partial charge in [-0.25, -0.2) is 4.39 Å². The number of nitrogens with one attached hydrogen (secondary N) is 1. The predicted octanol–water partition coefficient (Wildman–Crippen LogP) is 2.86. The van der Waals surface area contributed by atoms with Gasteiger partial charge in [-0.05, 0) is 50.7 Å². The molecule has 0 saturated carbocycles. The topological polar surface area (TPSA) is 58.4 Å². The Morgan fingerprint density at radius 3 is 2.75 bits per heavy atom. The van der Waals surface area contributed by atoms with E-state index >= 15 is 0 Å². The van der Waals surface area contributed by atoms with Crippen molar-refractivity contribution < 1.29 is 9.18 Å². The SMILES string of the molecule is CCCN(CC)CCCC(=O)Nc1cc(N)ccc1F. The Bertz CT molecular complexity index is 437. The third-order valence-electron chi connectivity index (χ3n) is 3.13. The molecule has 1 rings (SSSR count). The van der Waals surface area contributed by atoms with E-state index in [2.05, 4.69) is 24.1 Å². The number of carbonyl (C=O) groups is 1. The number of halogens is 1. The molecule has 0 aliphatic rings. The normalized spacial score (nSPS) is 10.8. The van der Waals surface area contributed by atoms with Gasteiger partial charge in [0.25, 0.3) is 0 Å². The average Bonchev–Trinajstić information content (AvgIpc) is 2.42. The first-order valence-electron chi connectivity index (χ1n) is 7.14. The fourth-order valence-electron chi connectivity index (χ4n) is 2.06. The second-order valence-electron chi connectivity index (χ2n) is 4.83. The molecule has 0 spiro atoms.